The van der Waals surface area contributed by atoms with Gasteiger partial charge in [0, 0.05) is 31.9 Å². The second kappa shape index (κ2) is 11.7. The number of carbonyl (C=O) groups excluding carboxylic acids is 1. The average Bonchev–Trinajstić information content (AvgIpc) is 3.24. The molecule has 186 valence electrons. The van der Waals surface area contributed by atoms with E-state index in [9.17, 15) is 9.18 Å². The number of aryl methyl sites for hydroxylation is 2. The fraction of sp³-hybridized carbons (Fsp3) is 0.542. The maximum absolute atomic E-state index is 12.8. The van der Waals surface area contributed by atoms with Gasteiger partial charge < -0.3 is 24.6 Å². The minimum absolute atomic E-state index is 0.0369. The highest BCUT2D eigenvalue weighted by molar-refractivity contribution is 6.33. The molecule has 1 aromatic heterocycles. The lowest BCUT2D eigenvalue weighted by Gasteiger charge is -2.22. The van der Waals surface area contributed by atoms with Crippen LogP contribution in [0.2, 0.25) is 5.02 Å². The molecule has 8 nitrogen and oxygen atoms in total. The Balaban J connectivity index is 1.94. The molecule has 2 unspecified atom stereocenters. The molecule has 0 spiro atoms. The summed E-state index contributed by atoms with van der Waals surface area (Å²) in [5.41, 5.74) is 4.18. The third-order valence-corrected chi connectivity index (χ3v) is 6.18. The van der Waals surface area contributed by atoms with E-state index < -0.39 is 12.8 Å². The number of rotatable bonds is 9. The first-order valence-corrected chi connectivity index (χ1v) is 11.8. The summed E-state index contributed by atoms with van der Waals surface area (Å²) in [6, 6.07) is 5.62. The SMILES string of the molecule is CCc1nc(-c2ccc(N(C)C)cc2Cl)c(CC)nc1NC1CN(C(=O)OC)CC1OCCF. The third kappa shape index (κ3) is 5.70. The van der Waals surface area contributed by atoms with Crippen LogP contribution in [0.5, 0.6) is 0 Å². The number of carbonyl (C=O) groups is 1. The van der Waals surface area contributed by atoms with E-state index >= 15 is 0 Å². The van der Waals surface area contributed by atoms with E-state index in [1.807, 2.05) is 51.0 Å². The van der Waals surface area contributed by atoms with Crippen LogP contribution in [0.15, 0.2) is 18.2 Å². The molecule has 1 aromatic carbocycles. The molecule has 1 aliphatic rings. The van der Waals surface area contributed by atoms with Gasteiger partial charge in [-0.2, -0.15) is 0 Å². The van der Waals surface area contributed by atoms with E-state index in [1.165, 1.54) is 7.11 Å². The van der Waals surface area contributed by atoms with E-state index in [1.54, 1.807) is 4.90 Å². The molecule has 3 rings (SSSR count). The number of hydrogen-bond donors (Lipinski definition) is 1. The fourth-order valence-electron chi connectivity index (χ4n) is 4.03. The van der Waals surface area contributed by atoms with Gasteiger partial charge in [0.1, 0.15) is 12.5 Å². The summed E-state index contributed by atoms with van der Waals surface area (Å²) < 4.78 is 23.3. The molecule has 2 heterocycles. The number of alkyl halides is 1. The first-order valence-electron chi connectivity index (χ1n) is 11.5. The highest BCUT2D eigenvalue weighted by Gasteiger charge is 2.37. The van der Waals surface area contributed by atoms with Crippen LogP contribution < -0.4 is 10.2 Å². The van der Waals surface area contributed by atoms with E-state index in [4.69, 9.17) is 31.0 Å². The number of amides is 1. The van der Waals surface area contributed by atoms with E-state index in [0.717, 1.165) is 28.3 Å². The summed E-state index contributed by atoms with van der Waals surface area (Å²) in [5.74, 6) is 0.634. The van der Waals surface area contributed by atoms with Gasteiger partial charge in [0.2, 0.25) is 0 Å². The van der Waals surface area contributed by atoms with Crippen molar-refractivity contribution in [1.29, 1.82) is 0 Å². The number of nitrogens with zero attached hydrogens (tertiary/aromatic N) is 4. The lowest BCUT2D eigenvalue weighted by atomic mass is 10.1. The van der Waals surface area contributed by atoms with Crippen molar-refractivity contribution >= 4 is 29.2 Å². The maximum Gasteiger partial charge on any atom is 0.409 e. The number of anilines is 2. The third-order valence-electron chi connectivity index (χ3n) is 5.86. The average molecular weight is 494 g/mol. The number of likely N-dealkylation sites (tertiary alicyclic amines) is 1. The summed E-state index contributed by atoms with van der Waals surface area (Å²) in [6.45, 7) is 4.07. The van der Waals surface area contributed by atoms with Crippen molar-refractivity contribution in [2.24, 2.45) is 0 Å². The van der Waals surface area contributed by atoms with Crippen molar-refractivity contribution < 1.29 is 18.7 Å². The van der Waals surface area contributed by atoms with E-state index in [0.29, 0.717) is 36.8 Å². The van der Waals surface area contributed by atoms with Gasteiger partial charge in [-0.25, -0.2) is 19.2 Å². The summed E-state index contributed by atoms with van der Waals surface area (Å²) >= 11 is 6.63. The van der Waals surface area contributed by atoms with Gasteiger partial charge >= 0.3 is 6.09 Å². The second-order valence-corrected chi connectivity index (χ2v) is 8.71. The van der Waals surface area contributed by atoms with Crippen LogP contribution in [0.3, 0.4) is 0 Å². The molecule has 1 N–H and O–H groups in total. The van der Waals surface area contributed by atoms with Crippen molar-refractivity contribution in [2.45, 2.75) is 38.8 Å². The smallest absolute Gasteiger partial charge is 0.409 e. The van der Waals surface area contributed by atoms with Gasteiger partial charge in [0.25, 0.3) is 0 Å². The van der Waals surface area contributed by atoms with Crippen molar-refractivity contribution in [3.63, 3.8) is 0 Å². The molecule has 34 heavy (non-hydrogen) atoms. The first kappa shape index (κ1) is 26.0. The summed E-state index contributed by atoms with van der Waals surface area (Å²) in [4.78, 5) is 25.4. The Hall–Kier alpha value is -2.65. The Labute approximate surface area is 205 Å². The van der Waals surface area contributed by atoms with Gasteiger partial charge in [-0.3, -0.25) is 0 Å². The standard InChI is InChI=1S/C24H33ClFN5O3/c1-6-18-22(16-9-8-15(30(3)4)12-17(16)25)27-19(7-2)23(28-18)29-20-13-31(24(32)33-5)14-21(20)34-11-10-26/h8-9,12,20-21H,6-7,10-11,13-14H2,1-5H3,(H,28,29). The lowest BCUT2D eigenvalue weighted by molar-refractivity contribution is 0.0443. The first-order chi connectivity index (χ1) is 16.3. The highest BCUT2D eigenvalue weighted by Crippen LogP contribution is 2.33. The molecule has 1 saturated heterocycles. The molecule has 2 aromatic rings. The molecule has 0 saturated carbocycles. The van der Waals surface area contributed by atoms with Crippen LogP contribution in [-0.2, 0) is 22.3 Å². The van der Waals surface area contributed by atoms with Crippen LogP contribution in [0.25, 0.3) is 11.3 Å². The normalized spacial score (nSPS) is 17.7. The van der Waals surface area contributed by atoms with Gasteiger partial charge in [-0.15, -0.1) is 0 Å². The maximum atomic E-state index is 12.8. The Morgan fingerprint density at radius 3 is 2.56 bits per heavy atom. The number of benzene rings is 1. The molecule has 0 radical (unpaired) electrons. The van der Waals surface area contributed by atoms with Gasteiger partial charge in [-0.1, -0.05) is 25.4 Å². The molecular formula is C24H33ClFN5O3. The van der Waals surface area contributed by atoms with Crippen LogP contribution in [-0.4, -0.2) is 80.7 Å². The summed E-state index contributed by atoms with van der Waals surface area (Å²) in [6.07, 6.45) is 0.468. The predicted molar refractivity (Wildman–Crippen MR) is 133 cm³/mol. The predicted octanol–water partition coefficient (Wildman–Crippen LogP) is 4.21. The molecule has 10 heteroatoms. The van der Waals surface area contributed by atoms with Gasteiger partial charge in [0.05, 0.1) is 54.5 Å². The van der Waals surface area contributed by atoms with E-state index in [2.05, 4.69) is 5.32 Å². The largest absolute Gasteiger partial charge is 0.453 e. The Morgan fingerprint density at radius 2 is 1.97 bits per heavy atom. The van der Waals surface area contributed by atoms with E-state index in [-0.39, 0.29) is 18.8 Å². The van der Waals surface area contributed by atoms with Crippen LogP contribution in [0, 0.1) is 0 Å². The number of nitrogens with one attached hydrogen (secondary N) is 1. The Bertz CT molecular complexity index is 1010. The zero-order valence-electron chi connectivity index (χ0n) is 20.4. The minimum Gasteiger partial charge on any atom is -0.453 e. The molecule has 0 aliphatic carbocycles. The van der Waals surface area contributed by atoms with Crippen molar-refractivity contribution in [1.82, 2.24) is 14.9 Å². The summed E-state index contributed by atoms with van der Waals surface area (Å²) in [5, 5.41) is 4.02. The lowest BCUT2D eigenvalue weighted by Crippen LogP contribution is -2.36. The molecular weight excluding hydrogens is 461 g/mol. The number of aromatic nitrogens is 2. The number of hydrogen-bond acceptors (Lipinski definition) is 7. The Kier molecular flexibility index (Phi) is 8.90. The van der Waals surface area contributed by atoms with Crippen LogP contribution >= 0.6 is 11.6 Å². The molecule has 2 atom stereocenters. The molecule has 1 fully saturated rings. The summed E-state index contributed by atoms with van der Waals surface area (Å²) in [7, 11) is 5.27. The quantitative estimate of drug-likeness (QED) is 0.560. The Morgan fingerprint density at radius 1 is 1.24 bits per heavy atom. The second-order valence-electron chi connectivity index (χ2n) is 8.30. The fourth-order valence-corrected chi connectivity index (χ4v) is 4.30. The molecule has 1 aliphatic heterocycles. The number of ether oxygens (including phenoxy) is 2. The van der Waals surface area contributed by atoms with Crippen LogP contribution in [0.4, 0.5) is 20.7 Å². The van der Waals surface area contributed by atoms with Crippen LogP contribution in [0.1, 0.15) is 25.2 Å². The monoisotopic (exact) mass is 493 g/mol. The van der Waals surface area contributed by atoms with Crippen molar-refractivity contribution in [2.75, 3.05) is 57.8 Å². The van der Waals surface area contributed by atoms with Crippen molar-refractivity contribution in [3.05, 3.63) is 34.6 Å². The highest BCUT2D eigenvalue weighted by atomic mass is 35.5. The zero-order chi connectivity index (χ0) is 24.8. The van der Waals surface area contributed by atoms with Crippen molar-refractivity contribution in [3.8, 4) is 11.3 Å². The van der Waals surface area contributed by atoms with Gasteiger partial charge in [0.15, 0.2) is 0 Å². The topological polar surface area (TPSA) is 79.8 Å². The molecule has 0 bridgehead atoms. The van der Waals surface area contributed by atoms with Gasteiger partial charge in [-0.05, 0) is 31.0 Å². The number of methoxy groups -OCH3 is 1. The zero-order valence-corrected chi connectivity index (χ0v) is 21.2. The number of halogens is 2. The minimum atomic E-state index is -0.594. The molecule has 1 amide bonds.